The number of hydrogen-bond acceptors (Lipinski definition) is 2. The van der Waals surface area contributed by atoms with Crippen LogP contribution < -0.4 is 5.32 Å². The van der Waals surface area contributed by atoms with E-state index in [1.165, 1.54) is 29.4 Å². The van der Waals surface area contributed by atoms with Crippen LogP contribution in [0.3, 0.4) is 0 Å². The summed E-state index contributed by atoms with van der Waals surface area (Å²) < 4.78 is 6.05. The van der Waals surface area contributed by atoms with Gasteiger partial charge in [-0.25, -0.2) is 0 Å². The maximum absolute atomic E-state index is 6.05. The van der Waals surface area contributed by atoms with Crippen molar-refractivity contribution in [2.75, 3.05) is 7.05 Å². The Morgan fingerprint density at radius 3 is 2.52 bits per heavy atom. The highest BCUT2D eigenvalue weighted by molar-refractivity contribution is 5.84. The van der Waals surface area contributed by atoms with Crippen LogP contribution in [-0.4, -0.2) is 7.05 Å². The molecule has 0 bridgehead atoms. The molecule has 0 aliphatic heterocycles. The molecule has 1 fully saturated rings. The Labute approximate surface area is 124 Å². The summed E-state index contributed by atoms with van der Waals surface area (Å²) in [5.74, 6) is 1.81. The fraction of sp³-hybridized carbons (Fsp3) is 0.263. The number of rotatable bonds is 4. The monoisotopic (exact) mass is 277 g/mol. The van der Waals surface area contributed by atoms with Gasteiger partial charge in [-0.1, -0.05) is 36.4 Å². The third kappa shape index (κ3) is 2.36. The van der Waals surface area contributed by atoms with Crippen LogP contribution in [0.2, 0.25) is 0 Å². The van der Waals surface area contributed by atoms with Gasteiger partial charge in [0.1, 0.15) is 11.3 Å². The van der Waals surface area contributed by atoms with Crippen molar-refractivity contribution in [3.8, 4) is 11.1 Å². The Morgan fingerprint density at radius 2 is 1.81 bits per heavy atom. The third-order valence-corrected chi connectivity index (χ3v) is 4.35. The molecule has 0 radical (unpaired) electrons. The van der Waals surface area contributed by atoms with E-state index < -0.39 is 0 Å². The van der Waals surface area contributed by atoms with Crippen molar-refractivity contribution in [2.45, 2.75) is 18.9 Å². The molecule has 0 saturated heterocycles. The van der Waals surface area contributed by atoms with Gasteiger partial charge in [0.25, 0.3) is 0 Å². The van der Waals surface area contributed by atoms with Crippen LogP contribution >= 0.6 is 0 Å². The summed E-state index contributed by atoms with van der Waals surface area (Å²) in [6.45, 7) is 0. The Bertz CT molecular complexity index is 756. The Morgan fingerprint density at radius 1 is 1.00 bits per heavy atom. The summed E-state index contributed by atoms with van der Waals surface area (Å²) in [5.41, 5.74) is 3.46. The van der Waals surface area contributed by atoms with Gasteiger partial charge in [0.05, 0.1) is 6.04 Å². The highest BCUT2D eigenvalue weighted by Crippen LogP contribution is 2.42. The molecule has 2 heteroatoms. The molecule has 1 aliphatic carbocycles. The summed E-state index contributed by atoms with van der Waals surface area (Å²) in [6.07, 6.45) is 2.61. The highest BCUT2D eigenvalue weighted by atomic mass is 16.3. The maximum atomic E-state index is 6.05. The van der Waals surface area contributed by atoms with E-state index in [0.29, 0.717) is 6.04 Å². The van der Waals surface area contributed by atoms with Gasteiger partial charge in [-0.3, -0.25) is 0 Å². The fourth-order valence-corrected chi connectivity index (χ4v) is 3.07. The van der Waals surface area contributed by atoms with Crippen molar-refractivity contribution in [3.05, 3.63) is 60.4 Å². The van der Waals surface area contributed by atoms with Crippen molar-refractivity contribution in [1.29, 1.82) is 0 Å². The van der Waals surface area contributed by atoms with Crippen molar-refractivity contribution in [3.63, 3.8) is 0 Å². The zero-order valence-electron chi connectivity index (χ0n) is 12.2. The lowest BCUT2D eigenvalue weighted by atomic mass is 10.0. The van der Waals surface area contributed by atoms with E-state index in [1.54, 1.807) is 0 Å². The van der Waals surface area contributed by atoms with Gasteiger partial charge in [0.15, 0.2) is 0 Å². The maximum Gasteiger partial charge on any atom is 0.134 e. The minimum Gasteiger partial charge on any atom is -0.459 e. The predicted octanol–water partition coefficient (Wildman–Crippen LogP) is 4.77. The molecule has 1 atom stereocenters. The van der Waals surface area contributed by atoms with E-state index in [9.17, 15) is 0 Å². The molecule has 2 aromatic carbocycles. The smallest absolute Gasteiger partial charge is 0.134 e. The van der Waals surface area contributed by atoms with Crippen LogP contribution in [0.25, 0.3) is 22.1 Å². The molecule has 1 aromatic heterocycles. The molecule has 3 aromatic rings. The van der Waals surface area contributed by atoms with Crippen molar-refractivity contribution in [1.82, 2.24) is 5.32 Å². The topological polar surface area (TPSA) is 25.2 Å². The van der Waals surface area contributed by atoms with Crippen LogP contribution in [0, 0.1) is 5.92 Å². The lowest BCUT2D eigenvalue weighted by Gasteiger charge is -2.11. The van der Waals surface area contributed by atoms with Gasteiger partial charge in [-0.15, -0.1) is 0 Å². The van der Waals surface area contributed by atoms with Crippen LogP contribution in [0.4, 0.5) is 0 Å². The van der Waals surface area contributed by atoms with E-state index in [4.69, 9.17) is 4.42 Å². The van der Waals surface area contributed by atoms with Crippen molar-refractivity contribution < 1.29 is 4.42 Å². The number of hydrogen-bond donors (Lipinski definition) is 1. The number of furan rings is 1. The van der Waals surface area contributed by atoms with Crippen LogP contribution in [0.5, 0.6) is 0 Å². The second-order valence-electron chi connectivity index (χ2n) is 5.87. The molecular weight excluding hydrogens is 258 g/mol. The van der Waals surface area contributed by atoms with Crippen molar-refractivity contribution in [2.24, 2.45) is 5.92 Å². The minimum atomic E-state index is 0.359. The largest absolute Gasteiger partial charge is 0.459 e. The summed E-state index contributed by atoms with van der Waals surface area (Å²) in [4.78, 5) is 0. The van der Waals surface area contributed by atoms with Gasteiger partial charge < -0.3 is 9.73 Å². The third-order valence-electron chi connectivity index (χ3n) is 4.35. The van der Waals surface area contributed by atoms with Crippen molar-refractivity contribution >= 4 is 11.0 Å². The molecule has 1 N–H and O–H groups in total. The van der Waals surface area contributed by atoms with E-state index in [1.807, 2.05) is 13.1 Å². The average Bonchev–Trinajstić information content (AvgIpc) is 3.27. The SMILES string of the molecule is CNC(c1cc2cc(-c3ccccc3)ccc2o1)C1CC1. The number of nitrogens with one attached hydrogen (secondary N) is 1. The van der Waals surface area contributed by atoms with Gasteiger partial charge >= 0.3 is 0 Å². The number of benzene rings is 2. The zero-order valence-corrected chi connectivity index (χ0v) is 12.2. The molecule has 1 aliphatic rings. The zero-order chi connectivity index (χ0) is 14.2. The Kier molecular flexibility index (Phi) is 3.04. The molecule has 2 nitrogen and oxygen atoms in total. The Hall–Kier alpha value is -2.06. The van der Waals surface area contributed by atoms with E-state index >= 15 is 0 Å². The molecule has 106 valence electrons. The molecule has 1 saturated carbocycles. The first-order chi connectivity index (χ1) is 10.3. The molecule has 1 unspecified atom stereocenters. The highest BCUT2D eigenvalue weighted by Gasteiger charge is 2.33. The molecule has 0 spiro atoms. The first kappa shape index (κ1) is 12.7. The molecular formula is C19H19NO. The second-order valence-corrected chi connectivity index (χ2v) is 5.87. The van der Waals surface area contributed by atoms with Gasteiger partial charge in [0.2, 0.25) is 0 Å². The molecule has 0 amide bonds. The van der Waals surface area contributed by atoms with Gasteiger partial charge in [-0.2, -0.15) is 0 Å². The normalized spacial score (nSPS) is 16.2. The van der Waals surface area contributed by atoms with Crippen LogP contribution in [-0.2, 0) is 0 Å². The minimum absolute atomic E-state index is 0.359. The quantitative estimate of drug-likeness (QED) is 0.743. The van der Waals surface area contributed by atoms with Gasteiger partial charge in [0, 0.05) is 5.39 Å². The summed E-state index contributed by atoms with van der Waals surface area (Å²) in [5, 5.41) is 4.58. The van der Waals surface area contributed by atoms with Crippen LogP contribution in [0.1, 0.15) is 24.6 Å². The molecule has 21 heavy (non-hydrogen) atoms. The van der Waals surface area contributed by atoms with Gasteiger partial charge in [-0.05, 0) is 55.1 Å². The lowest BCUT2D eigenvalue weighted by Crippen LogP contribution is -2.17. The Balaban J connectivity index is 1.74. The van der Waals surface area contributed by atoms with E-state index in [-0.39, 0.29) is 0 Å². The predicted molar refractivity (Wildman–Crippen MR) is 86.2 cm³/mol. The average molecular weight is 277 g/mol. The number of fused-ring (bicyclic) bond motifs is 1. The summed E-state index contributed by atoms with van der Waals surface area (Å²) in [7, 11) is 2.02. The second kappa shape index (κ2) is 5.05. The summed E-state index contributed by atoms with van der Waals surface area (Å²) in [6, 6.07) is 19.5. The summed E-state index contributed by atoms with van der Waals surface area (Å²) >= 11 is 0. The first-order valence-electron chi connectivity index (χ1n) is 7.61. The molecule has 1 heterocycles. The van der Waals surface area contributed by atoms with Crippen LogP contribution in [0.15, 0.2) is 59.0 Å². The van der Waals surface area contributed by atoms with E-state index in [0.717, 1.165) is 17.3 Å². The lowest BCUT2D eigenvalue weighted by molar-refractivity contribution is 0.419. The fourth-order valence-electron chi connectivity index (χ4n) is 3.07. The standard InChI is InChI=1S/C19H19NO/c1-20-19(14-7-8-14)18-12-16-11-15(9-10-17(16)21-18)13-5-3-2-4-6-13/h2-6,9-12,14,19-20H,7-8H2,1H3. The van der Waals surface area contributed by atoms with E-state index in [2.05, 4.69) is 53.8 Å². The molecule has 4 rings (SSSR count). The first-order valence-corrected chi connectivity index (χ1v) is 7.61.